The van der Waals surface area contributed by atoms with E-state index in [4.69, 9.17) is 0 Å². The third kappa shape index (κ3) is 1.80. The highest BCUT2D eigenvalue weighted by molar-refractivity contribution is 5.74. The first-order chi connectivity index (χ1) is 8.81. The SMILES string of the molecule is CCN1CCC(c2nnc3ccc(C=O)cn23)C1. The summed E-state index contributed by atoms with van der Waals surface area (Å²) in [5.41, 5.74) is 1.47. The molecule has 94 valence electrons. The Bertz CT molecular complexity index is 577. The smallest absolute Gasteiger partial charge is 0.160 e. The molecule has 3 rings (SSSR count). The molecular weight excluding hydrogens is 228 g/mol. The van der Waals surface area contributed by atoms with E-state index in [2.05, 4.69) is 22.0 Å². The molecule has 1 saturated heterocycles. The fourth-order valence-electron chi connectivity index (χ4n) is 2.60. The third-order valence-corrected chi connectivity index (χ3v) is 3.67. The molecule has 0 radical (unpaired) electrons. The quantitative estimate of drug-likeness (QED) is 0.765. The van der Waals surface area contributed by atoms with Crippen molar-refractivity contribution in [3.8, 4) is 0 Å². The van der Waals surface area contributed by atoms with Gasteiger partial charge in [0.25, 0.3) is 0 Å². The maximum absolute atomic E-state index is 10.8. The Kier molecular flexibility index (Phi) is 2.83. The lowest BCUT2D eigenvalue weighted by molar-refractivity contribution is 0.112. The van der Waals surface area contributed by atoms with Crippen molar-refractivity contribution in [2.24, 2.45) is 0 Å². The molecule has 3 heterocycles. The molecule has 2 aromatic heterocycles. The number of rotatable bonds is 3. The Hall–Kier alpha value is -1.75. The number of nitrogens with zero attached hydrogens (tertiary/aromatic N) is 4. The first-order valence-corrected chi connectivity index (χ1v) is 6.34. The number of carbonyl (C=O) groups excluding carboxylic acids is 1. The van der Waals surface area contributed by atoms with Gasteiger partial charge in [0.2, 0.25) is 0 Å². The van der Waals surface area contributed by atoms with Crippen molar-refractivity contribution in [1.29, 1.82) is 0 Å². The maximum Gasteiger partial charge on any atom is 0.160 e. The average Bonchev–Trinajstić information content (AvgIpc) is 3.03. The van der Waals surface area contributed by atoms with Gasteiger partial charge < -0.3 is 4.90 Å². The van der Waals surface area contributed by atoms with E-state index in [0.717, 1.165) is 43.8 Å². The van der Waals surface area contributed by atoms with Crippen LogP contribution in [0.5, 0.6) is 0 Å². The molecule has 0 amide bonds. The van der Waals surface area contributed by atoms with Gasteiger partial charge in [-0.25, -0.2) is 0 Å². The molecular formula is C13H16N4O. The highest BCUT2D eigenvalue weighted by atomic mass is 16.1. The summed E-state index contributed by atoms with van der Waals surface area (Å²) < 4.78 is 1.95. The van der Waals surface area contributed by atoms with Crippen LogP contribution in [-0.2, 0) is 0 Å². The van der Waals surface area contributed by atoms with Crippen molar-refractivity contribution >= 4 is 11.9 Å². The van der Waals surface area contributed by atoms with Crippen LogP contribution in [0.25, 0.3) is 5.65 Å². The van der Waals surface area contributed by atoms with Crippen LogP contribution in [0.1, 0.15) is 35.4 Å². The largest absolute Gasteiger partial charge is 0.303 e. The second-order valence-electron chi connectivity index (χ2n) is 4.75. The van der Waals surface area contributed by atoms with Crippen LogP contribution in [0.4, 0.5) is 0 Å². The van der Waals surface area contributed by atoms with Crippen molar-refractivity contribution in [3.63, 3.8) is 0 Å². The van der Waals surface area contributed by atoms with Crippen LogP contribution in [-0.4, -0.2) is 45.4 Å². The Balaban J connectivity index is 1.99. The van der Waals surface area contributed by atoms with Crippen LogP contribution in [0, 0.1) is 0 Å². The monoisotopic (exact) mass is 244 g/mol. The Morgan fingerprint density at radius 3 is 3.06 bits per heavy atom. The average molecular weight is 244 g/mol. The van der Waals surface area contributed by atoms with Crippen LogP contribution >= 0.6 is 0 Å². The number of pyridine rings is 1. The number of hydrogen-bond acceptors (Lipinski definition) is 4. The van der Waals surface area contributed by atoms with E-state index >= 15 is 0 Å². The lowest BCUT2D eigenvalue weighted by Gasteiger charge is -2.12. The number of fused-ring (bicyclic) bond motifs is 1. The molecule has 18 heavy (non-hydrogen) atoms. The topological polar surface area (TPSA) is 50.5 Å². The molecule has 0 aromatic carbocycles. The van der Waals surface area contributed by atoms with Crippen molar-refractivity contribution in [2.75, 3.05) is 19.6 Å². The molecule has 0 N–H and O–H groups in total. The summed E-state index contributed by atoms with van der Waals surface area (Å²) in [6, 6.07) is 3.61. The number of aldehydes is 1. The molecule has 5 heteroatoms. The highest BCUT2D eigenvalue weighted by Gasteiger charge is 2.26. The van der Waals surface area contributed by atoms with Crippen LogP contribution < -0.4 is 0 Å². The van der Waals surface area contributed by atoms with E-state index < -0.39 is 0 Å². The second-order valence-corrected chi connectivity index (χ2v) is 4.75. The lowest BCUT2D eigenvalue weighted by Crippen LogP contribution is -2.19. The van der Waals surface area contributed by atoms with E-state index in [1.54, 1.807) is 6.07 Å². The van der Waals surface area contributed by atoms with Crippen LogP contribution in [0.15, 0.2) is 18.3 Å². The third-order valence-electron chi connectivity index (χ3n) is 3.67. The van der Waals surface area contributed by atoms with Crippen LogP contribution in [0.2, 0.25) is 0 Å². The van der Waals surface area contributed by atoms with E-state index in [9.17, 15) is 4.79 Å². The Morgan fingerprint density at radius 2 is 2.33 bits per heavy atom. The number of likely N-dealkylation sites (N-methyl/N-ethyl adjacent to an activating group) is 1. The Labute approximate surface area is 105 Å². The van der Waals surface area contributed by atoms with Crippen LogP contribution in [0.3, 0.4) is 0 Å². The normalized spacial score (nSPS) is 20.6. The van der Waals surface area contributed by atoms with Gasteiger partial charge in [-0.15, -0.1) is 10.2 Å². The zero-order valence-electron chi connectivity index (χ0n) is 10.4. The van der Waals surface area contributed by atoms with E-state index in [0.29, 0.717) is 11.5 Å². The maximum atomic E-state index is 10.8. The minimum atomic E-state index is 0.418. The fourth-order valence-corrected chi connectivity index (χ4v) is 2.60. The predicted molar refractivity (Wildman–Crippen MR) is 67.8 cm³/mol. The minimum Gasteiger partial charge on any atom is -0.303 e. The van der Waals surface area contributed by atoms with Crippen molar-refractivity contribution in [3.05, 3.63) is 29.7 Å². The van der Waals surface area contributed by atoms with Gasteiger partial charge in [-0.05, 0) is 31.6 Å². The summed E-state index contributed by atoms with van der Waals surface area (Å²) in [6.07, 6.45) is 3.79. The summed E-state index contributed by atoms with van der Waals surface area (Å²) in [7, 11) is 0. The van der Waals surface area contributed by atoms with Gasteiger partial charge in [-0.3, -0.25) is 9.20 Å². The summed E-state index contributed by atoms with van der Waals surface area (Å²) in [5.74, 6) is 1.39. The van der Waals surface area contributed by atoms with Gasteiger partial charge in [0.15, 0.2) is 11.9 Å². The number of aromatic nitrogens is 3. The first kappa shape index (κ1) is 11.3. The van der Waals surface area contributed by atoms with E-state index in [1.807, 2.05) is 16.7 Å². The summed E-state index contributed by atoms with van der Waals surface area (Å²) in [5, 5.41) is 8.46. The van der Waals surface area contributed by atoms with Gasteiger partial charge in [0.1, 0.15) is 5.82 Å². The second kappa shape index (κ2) is 4.49. The number of carbonyl (C=O) groups is 1. The van der Waals surface area contributed by atoms with Gasteiger partial charge >= 0.3 is 0 Å². The number of likely N-dealkylation sites (tertiary alicyclic amines) is 1. The van der Waals surface area contributed by atoms with Crippen molar-refractivity contribution < 1.29 is 4.79 Å². The first-order valence-electron chi connectivity index (χ1n) is 6.34. The van der Waals surface area contributed by atoms with Crippen molar-refractivity contribution in [1.82, 2.24) is 19.5 Å². The zero-order chi connectivity index (χ0) is 12.5. The molecule has 1 aliphatic rings. The van der Waals surface area contributed by atoms with Gasteiger partial charge in [0, 0.05) is 24.2 Å². The Morgan fingerprint density at radius 1 is 1.44 bits per heavy atom. The fraction of sp³-hybridized carbons (Fsp3) is 0.462. The standard InChI is InChI=1S/C13H16N4O/c1-2-16-6-5-11(8-16)13-15-14-12-4-3-10(9-18)7-17(12)13/h3-4,7,9,11H,2,5-6,8H2,1H3. The van der Waals surface area contributed by atoms with Gasteiger partial charge in [-0.2, -0.15) is 0 Å². The minimum absolute atomic E-state index is 0.418. The van der Waals surface area contributed by atoms with Gasteiger partial charge in [-0.1, -0.05) is 6.92 Å². The van der Waals surface area contributed by atoms with Crippen molar-refractivity contribution in [2.45, 2.75) is 19.3 Å². The summed E-state index contributed by atoms with van der Waals surface area (Å²) in [6.45, 7) is 5.40. The molecule has 1 aliphatic heterocycles. The zero-order valence-corrected chi connectivity index (χ0v) is 10.4. The molecule has 2 aromatic rings. The molecule has 5 nitrogen and oxygen atoms in total. The molecule has 0 spiro atoms. The summed E-state index contributed by atoms with van der Waals surface area (Å²) >= 11 is 0. The van der Waals surface area contributed by atoms with E-state index in [1.165, 1.54) is 0 Å². The highest BCUT2D eigenvalue weighted by Crippen LogP contribution is 2.25. The van der Waals surface area contributed by atoms with E-state index in [-0.39, 0.29) is 0 Å². The molecule has 0 aliphatic carbocycles. The molecule has 1 fully saturated rings. The molecule has 1 atom stereocenters. The van der Waals surface area contributed by atoms with Gasteiger partial charge in [0.05, 0.1) is 0 Å². The molecule has 1 unspecified atom stereocenters. The molecule has 0 saturated carbocycles. The summed E-state index contributed by atoms with van der Waals surface area (Å²) in [4.78, 5) is 13.3. The molecule has 0 bridgehead atoms. The number of hydrogen-bond donors (Lipinski definition) is 0. The lowest BCUT2D eigenvalue weighted by atomic mass is 10.1. The predicted octanol–water partition coefficient (Wildman–Crippen LogP) is 1.35.